The van der Waals surface area contributed by atoms with Crippen LogP contribution in [0.25, 0.3) is 0 Å². The normalized spacial score (nSPS) is 18.0. The average molecular weight is 355 g/mol. The van der Waals surface area contributed by atoms with Crippen LogP contribution in [0.3, 0.4) is 0 Å². The molecular weight excluding hydrogens is 330 g/mol. The van der Waals surface area contributed by atoms with E-state index in [-0.39, 0.29) is 12.2 Å². The third-order valence-corrected chi connectivity index (χ3v) is 4.60. The van der Waals surface area contributed by atoms with Crippen LogP contribution in [0.2, 0.25) is 0 Å². The lowest BCUT2D eigenvalue weighted by molar-refractivity contribution is 0.0718. The minimum atomic E-state index is -0.424. The van der Waals surface area contributed by atoms with Gasteiger partial charge in [-0.3, -0.25) is 4.90 Å². The van der Waals surface area contributed by atoms with Gasteiger partial charge in [-0.1, -0.05) is 42.5 Å². The molecule has 2 aromatic carbocycles. The SMILES string of the molecule is COCC1CN(c2ccc(CCCC(O)c3ccccc3)cc2)C(=O)O1. The van der Waals surface area contributed by atoms with Crippen molar-refractivity contribution in [3.63, 3.8) is 0 Å². The number of hydrogen-bond acceptors (Lipinski definition) is 4. The first kappa shape index (κ1) is 18.4. The Morgan fingerprint density at radius 3 is 2.62 bits per heavy atom. The summed E-state index contributed by atoms with van der Waals surface area (Å²) in [5.74, 6) is 0. The summed E-state index contributed by atoms with van der Waals surface area (Å²) in [6.07, 6.45) is 1.55. The number of nitrogens with zero attached hydrogens (tertiary/aromatic N) is 1. The number of carbonyl (C=O) groups excluding carboxylic acids is 1. The number of aryl methyl sites for hydroxylation is 1. The topological polar surface area (TPSA) is 59.0 Å². The van der Waals surface area contributed by atoms with Crippen molar-refractivity contribution in [3.05, 3.63) is 65.7 Å². The Bertz CT molecular complexity index is 702. The molecule has 26 heavy (non-hydrogen) atoms. The highest BCUT2D eigenvalue weighted by Gasteiger charge is 2.32. The van der Waals surface area contributed by atoms with Crippen LogP contribution in [-0.4, -0.2) is 37.6 Å². The van der Waals surface area contributed by atoms with Gasteiger partial charge >= 0.3 is 6.09 Å². The quantitative estimate of drug-likeness (QED) is 0.784. The highest BCUT2D eigenvalue weighted by atomic mass is 16.6. The molecule has 0 saturated carbocycles. The molecule has 5 nitrogen and oxygen atoms in total. The van der Waals surface area contributed by atoms with Gasteiger partial charge in [0.1, 0.15) is 6.10 Å². The summed E-state index contributed by atoms with van der Waals surface area (Å²) >= 11 is 0. The number of ether oxygens (including phenoxy) is 2. The summed E-state index contributed by atoms with van der Waals surface area (Å²) in [6, 6.07) is 17.7. The second-order valence-corrected chi connectivity index (χ2v) is 6.56. The zero-order valence-electron chi connectivity index (χ0n) is 15.0. The molecule has 5 heteroatoms. The molecule has 1 aliphatic heterocycles. The standard InChI is InChI=1S/C21H25NO4/c1-25-15-19-14-22(21(24)26-19)18-12-10-16(11-13-18)6-5-9-20(23)17-7-3-2-4-8-17/h2-4,7-8,10-13,19-20,23H,5-6,9,14-15H2,1H3. The maximum Gasteiger partial charge on any atom is 0.414 e. The Labute approximate surface area is 154 Å². The fourth-order valence-electron chi connectivity index (χ4n) is 3.19. The van der Waals surface area contributed by atoms with Crippen LogP contribution in [0.5, 0.6) is 0 Å². The summed E-state index contributed by atoms with van der Waals surface area (Å²) in [4.78, 5) is 13.6. The summed E-state index contributed by atoms with van der Waals surface area (Å²) < 4.78 is 10.3. The molecule has 138 valence electrons. The molecular formula is C21H25NO4. The highest BCUT2D eigenvalue weighted by Crippen LogP contribution is 2.24. The van der Waals surface area contributed by atoms with Crippen LogP contribution in [0.15, 0.2) is 54.6 Å². The van der Waals surface area contributed by atoms with E-state index >= 15 is 0 Å². The molecule has 0 radical (unpaired) electrons. The first-order chi connectivity index (χ1) is 12.7. The molecule has 0 bridgehead atoms. The van der Waals surface area contributed by atoms with Crippen molar-refractivity contribution in [2.75, 3.05) is 25.2 Å². The smallest absolute Gasteiger partial charge is 0.414 e. The van der Waals surface area contributed by atoms with Crippen molar-refractivity contribution in [2.45, 2.75) is 31.5 Å². The van der Waals surface area contributed by atoms with Crippen molar-refractivity contribution < 1.29 is 19.4 Å². The van der Waals surface area contributed by atoms with E-state index in [9.17, 15) is 9.90 Å². The van der Waals surface area contributed by atoms with E-state index in [4.69, 9.17) is 9.47 Å². The molecule has 2 aromatic rings. The number of cyclic esters (lactones) is 1. The molecule has 1 N–H and O–H groups in total. The first-order valence-corrected chi connectivity index (χ1v) is 8.96. The van der Waals surface area contributed by atoms with Crippen LogP contribution in [0.4, 0.5) is 10.5 Å². The van der Waals surface area contributed by atoms with Crippen LogP contribution < -0.4 is 4.90 Å². The van der Waals surface area contributed by atoms with Crippen LogP contribution in [-0.2, 0) is 15.9 Å². The maximum atomic E-state index is 11.9. The van der Waals surface area contributed by atoms with E-state index in [1.165, 1.54) is 5.56 Å². The van der Waals surface area contributed by atoms with Crippen LogP contribution in [0.1, 0.15) is 30.1 Å². The van der Waals surface area contributed by atoms with Gasteiger partial charge in [0.25, 0.3) is 0 Å². The number of hydrogen-bond donors (Lipinski definition) is 1. The van der Waals surface area contributed by atoms with Gasteiger partial charge in [-0.25, -0.2) is 4.79 Å². The summed E-state index contributed by atoms with van der Waals surface area (Å²) in [5.41, 5.74) is 2.98. The van der Waals surface area contributed by atoms with Gasteiger partial charge in [0.15, 0.2) is 0 Å². The van der Waals surface area contributed by atoms with E-state index in [2.05, 4.69) is 0 Å². The van der Waals surface area contributed by atoms with E-state index in [0.717, 1.165) is 30.5 Å². The molecule has 0 aliphatic carbocycles. The number of rotatable bonds is 8. The fraction of sp³-hybridized carbons (Fsp3) is 0.381. The number of amides is 1. The third kappa shape index (κ3) is 4.62. The van der Waals surface area contributed by atoms with Crippen LogP contribution >= 0.6 is 0 Å². The molecule has 0 spiro atoms. The monoisotopic (exact) mass is 355 g/mol. The highest BCUT2D eigenvalue weighted by molar-refractivity contribution is 5.89. The Morgan fingerprint density at radius 1 is 1.19 bits per heavy atom. The lowest BCUT2D eigenvalue weighted by Gasteiger charge is -2.14. The maximum absolute atomic E-state index is 11.9. The molecule has 1 heterocycles. The average Bonchev–Trinajstić information content (AvgIpc) is 3.03. The Kier molecular flexibility index (Phi) is 6.26. The molecule has 2 unspecified atom stereocenters. The van der Waals surface area contributed by atoms with Gasteiger partial charge in [-0.05, 0) is 42.5 Å². The zero-order chi connectivity index (χ0) is 18.4. The van der Waals surface area contributed by atoms with Crippen molar-refractivity contribution in [2.24, 2.45) is 0 Å². The van der Waals surface area contributed by atoms with E-state index in [0.29, 0.717) is 13.2 Å². The van der Waals surface area contributed by atoms with Crippen molar-refractivity contribution in [1.29, 1.82) is 0 Å². The molecule has 2 atom stereocenters. The second-order valence-electron chi connectivity index (χ2n) is 6.56. The minimum absolute atomic E-state index is 0.216. The number of carbonyl (C=O) groups is 1. The molecule has 1 aliphatic rings. The summed E-state index contributed by atoms with van der Waals surface area (Å²) in [6.45, 7) is 0.916. The van der Waals surface area contributed by atoms with Crippen LogP contribution in [0, 0.1) is 0 Å². The van der Waals surface area contributed by atoms with E-state index < -0.39 is 6.10 Å². The van der Waals surface area contributed by atoms with Gasteiger partial charge < -0.3 is 14.6 Å². The number of benzene rings is 2. The van der Waals surface area contributed by atoms with E-state index in [1.807, 2.05) is 54.6 Å². The molecule has 1 amide bonds. The number of methoxy groups -OCH3 is 1. The number of anilines is 1. The Hall–Kier alpha value is -2.37. The zero-order valence-corrected chi connectivity index (χ0v) is 15.0. The minimum Gasteiger partial charge on any atom is -0.441 e. The molecule has 3 rings (SSSR count). The predicted molar refractivity (Wildman–Crippen MR) is 100 cm³/mol. The van der Waals surface area contributed by atoms with Crippen molar-refractivity contribution >= 4 is 11.8 Å². The Balaban J connectivity index is 1.50. The predicted octanol–water partition coefficient (Wildman–Crippen LogP) is 3.71. The van der Waals surface area contributed by atoms with Gasteiger partial charge in [-0.15, -0.1) is 0 Å². The lowest BCUT2D eigenvalue weighted by Crippen LogP contribution is -2.25. The largest absolute Gasteiger partial charge is 0.441 e. The van der Waals surface area contributed by atoms with Gasteiger partial charge in [0.05, 0.1) is 19.3 Å². The van der Waals surface area contributed by atoms with Gasteiger partial charge in [0.2, 0.25) is 0 Å². The molecule has 1 fully saturated rings. The molecule has 0 aromatic heterocycles. The summed E-state index contributed by atoms with van der Waals surface area (Å²) in [5, 5.41) is 10.2. The Morgan fingerprint density at radius 2 is 1.92 bits per heavy atom. The lowest BCUT2D eigenvalue weighted by atomic mass is 10.0. The summed E-state index contributed by atoms with van der Waals surface area (Å²) in [7, 11) is 1.60. The van der Waals surface area contributed by atoms with Crippen molar-refractivity contribution in [1.82, 2.24) is 0 Å². The van der Waals surface area contributed by atoms with E-state index in [1.54, 1.807) is 12.0 Å². The van der Waals surface area contributed by atoms with Crippen molar-refractivity contribution in [3.8, 4) is 0 Å². The number of aliphatic hydroxyl groups excluding tert-OH is 1. The van der Waals surface area contributed by atoms with Gasteiger partial charge in [0, 0.05) is 12.8 Å². The first-order valence-electron chi connectivity index (χ1n) is 8.96. The second kappa shape index (κ2) is 8.83. The fourth-order valence-corrected chi connectivity index (χ4v) is 3.19. The number of aliphatic hydroxyl groups is 1. The molecule has 1 saturated heterocycles. The van der Waals surface area contributed by atoms with Gasteiger partial charge in [-0.2, -0.15) is 0 Å². The third-order valence-electron chi connectivity index (χ3n) is 4.60.